The number of sulfonamides is 1. The lowest BCUT2D eigenvalue weighted by Gasteiger charge is -2.13. The van der Waals surface area contributed by atoms with E-state index >= 15 is 0 Å². The molecule has 0 radical (unpaired) electrons. The molecular formula is C14H17ClN2O3S. The molecule has 0 aliphatic rings. The first-order chi connectivity index (χ1) is 9.70. The highest BCUT2D eigenvalue weighted by molar-refractivity contribution is 7.89. The molecule has 114 valence electrons. The van der Waals surface area contributed by atoms with E-state index in [-0.39, 0.29) is 4.90 Å². The van der Waals surface area contributed by atoms with E-state index < -0.39 is 16.1 Å². The van der Waals surface area contributed by atoms with Crippen LogP contribution in [0.2, 0.25) is 5.02 Å². The summed E-state index contributed by atoms with van der Waals surface area (Å²) in [6.07, 6.45) is 0. The molecule has 0 spiro atoms. The number of benzene rings is 1. The summed E-state index contributed by atoms with van der Waals surface area (Å²) in [6.45, 7) is 5.23. The lowest BCUT2D eigenvalue weighted by Crippen LogP contribution is -2.26. The number of halogens is 1. The monoisotopic (exact) mass is 328 g/mol. The van der Waals surface area contributed by atoms with Gasteiger partial charge in [-0.25, -0.2) is 13.1 Å². The Morgan fingerprint density at radius 3 is 2.48 bits per heavy atom. The fraction of sp³-hybridized carbons (Fsp3) is 0.286. The van der Waals surface area contributed by atoms with E-state index in [1.54, 1.807) is 32.9 Å². The molecule has 2 aromatic rings. The predicted octanol–water partition coefficient (Wildman–Crippen LogP) is 3.17. The summed E-state index contributed by atoms with van der Waals surface area (Å²) in [6, 6.07) is 5.80. The van der Waals surface area contributed by atoms with Crippen molar-refractivity contribution in [1.82, 2.24) is 4.72 Å². The molecule has 7 heteroatoms. The molecule has 1 aromatic carbocycles. The highest BCUT2D eigenvalue weighted by atomic mass is 35.5. The van der Waals surface area contributed by atoms with Crippen molar-refractivity contribution in [2.75, 3.05) is 5.73 Å². The molecule has 21 heavy (non-hydrogen) atoms. The van der Waals surface area contributed by atoms with Gasteiger partial charge in [-0.1, -0.05) is 11.6 Å². The molecule has 2 rings (SSSR count). The largest absolute Gasteiger partial charge is 0.465 e. The number of aryl methyl sites for hydroxylation is 1. The fourth-order valence-electron chi connectivity index (χ4n) is 1.87. The number of nitrogen functional groups attached to an aromatic ring is 1. The highest BCUT2D eigenvalue weighted by Crippen LogP contribution is 2.27. The third-order valence-corrected chi connectivity index (χ3v) is 5.10. The van der Waals surface area contributed by atoms with Crippen molar-refractivity contribution >= 4 is 27.3 Å². The van der Waals surface area contributed by atoms with E-state index in [4.69, 9.17) is 21.8 Å². The molecule has 0 fully saturated rings. The molecule has 0 bridgehead atoms. The van der Waals surface area contributed by atoms with Crippen LogP contribution < -0.4 is 10.5 Å². The molecule has 5 nitrogen and oxygen atoms in total. The van der Waals surface area contributed by atoms with Gasteiger partial charge in [0.05, 0.1) is 10.9 Å². The molecule has 1 heterocycles. The van der Waals surface area contributed by atoms with Crippen molar-refractivity contribution in [3.05, 3.63) is 46.4 Å². The minimum Gasteiger partial charge on any atom is -0.465 e. The van der Waals surface area contributed by atoms with Gasteiger partial charge >= 0.3 is 0 Å². The third-order valence-electron chi connectivity index (χ3n) is 3.19. The number of rotatable bonds is 4. The quantitative estimate of drug-likeness (QED) is 0.844. The van der Waals surface area contributed by atoms with Gasteiger partial charge < -0.3 is 10.2 Å². The normalized spacial score (nSPS) is 13.3. The first-order valence-electron chi connectivity index (χ1n) is 6.35. The Hall–Kier alpha value is -1.50. The van der Waals surface area contributed by atoms with E-state index in [0.717, 1.165) is 5.76 Å². The minimum atomic E-state index is -3.73. The molecule has 0 aliphatic carbocycles. The molecule has 1 aromatic heterocycles. The van der Waals surface area contributed by atoms with Gasteiger partial charge in [0.1, 0.15) is 11.5 Å². The van der Waals surface area contributed by atoms with Gasteiger partial charge in [0, 0.05) is 10.7 Å². The van der Waals surface area contributed by atoms with Gasteiger partial charge in [-0.2, -0.15) is 0 Å². The second kappa shape index (κ2) is 5.71. The average molecular weight is 329 g/mol. The summed E-state index contributed by atoms with van der Waals surface area (Å²) in [7, 11) is -3.73. The number of nitrogens with two attached hydrogens (primary N) is 1. The average Bonchev–Trinajstić information content (AvgIpc) is 2.81. The number of hydrogen-bond acceptors (Lipinski definition) is 4. The van der Waals surface area contributed by atoms with E-state index in [2.05, 4.69) is 4.72 Å². The zero-order chi connectivity index (χ0) is 15.8. The first-order valence-corrected chi connectivity index (χ1v) is 8.21. The summed E-state index contributed by atoms with van der Waals surface area (Å²) >= 11 is 5.99. The number of anilines is 1. The van der Waals surface area contributed by atoms with E-state index in [1.807, 2.05) is 0 Å². The van der Waals surface area contributed by atoms with Crippen LogP contribution in [0.5, 0.6) is 0 Å². The van der Waals surface area contributed by atoms with Crippen LogP contribution in [-0.4, -0.2) is 8.42 Å². The standard InChI is InChI=1S/C14H17ClN2O3S/c1-8-4-5-14(20-8)10(3)17-21(18,19)11-6-12(15)9(2)13(16)7-11/h4-7,10,17H,16H2,1-3H3. The van der Waals surface area contributed by atoms with Crippen molar-refractivity contribution in [1.29, 1.82) is 0 Å². The Balaban J connectivity index is 2.30. The maximum Gasteiger partial charge on any atom is 0.241 e. The van der Waals surface area contributed by atoms with Crippen molar-refractivity contribution in [2.45, 2.75) is 31.7 Å². The highest BCUT2D eigenvalue weighted by Gasteiger charge is 2.21. The topological polar surface area (TPSA) is 85.3 Å². The molecule has 3 N–H and O–H groups in total. The second-order valence-electron chi connectivity index (χ2n) is 4.91. The maximum absolute atomic E-state index is 12.4. The van der Waals surface area contributed by atoms with Crippen LogP contribution >= 0.6 is 11.6 Å². The van der Waals surface area contributed by atoms with Gasteiger partial charge in [0.2, 0.25) is 10.0 Å². The summed E-state index contributed by atoms with van der Waals surface area (Å²) in [5, 5.41) is 0.317. The van der Waals surface area contributed by atoms with Crippen LogP contribution in [0.25, 0.3) is 0 Å². The van der Waals surface area contributed by atoms with Gasteiger partial charge in [0.25, 0.3) is 0 Å². The Morgan fingerprint density at radius 2 is 1.95 bits per heavy atom. The molecule has 0 saturated carbocycles. The number of hydrogen-bond donors (Lipinski definition) is 2. The molecule has 1 atom stereocenters. The Bertz CT molecular complexity index is 745. The van der Waals surface area contributed by atoms with Gasteiger partial charge in [0.15, 0.2) is 0 Å². The molecule has 0 amide bonds. The predicted molar refractivity (Wildman–Crippen MR) is 82.8 cm³/mol. The Labute approximate surface area is 129 Å². The minimum absolute atomic E-state index is 0.0331. The van der Waals surface area contributed by atoms with Crippen molar-refractivity contribution < 1.29 is 12.8 Å². The molecular weight excluding hydrogens is 312 g/mol. The first kappa shape index (κ1) is 15.9. The number of nitrogens with one attached hydrogen (secondary N) is 1. The Morgan fingerprint density at radius 1 is 1.29 bits per heavy atom. The zero-order valence-corrected chi connectivity index (χ0v) is 13.5. The van der Waals surface area contributed by atoms with Crippen LogP contribution in [0.1, 0.15) is 30.0 Å². The van der Waals surface area contributed by atoms with Crippen molar-refractivity contribution in [3.63, 3.8) is 0 Å². The lowest BCUT2D eigenvalue weighted by molar-refractivity contribution is 0.441. The number of furan rings is 1. The maximum atomic E-state index is 12.4. The summed E-state index contributed by atoms with van der Waals surface area (Å²) in [5.74, 6) is 1.26. The fourth-order valence-corrected chi connectivity index (χ4v) is 3.44. The molecule has 1 unspecified atom stereocenters. The van der Waals surface area contributed by atoms with Crippen LogP contribution in [0, 0.1) is 13.8 Å². The lowest BCUT2D eigenvalue weighted by atomic mass is 10.2. The second-order valence-corrected chi connectivity index (χ2v) is 7.03. The van der Waals surface area contributed by atoms with Crippen LogP contribution in [0.15, 0.2) is 33.6 Å². The van der Waals surface area contributed by atoms with Gasteiger partial charge in [-0.15, -0.1) is 0 Å². The third kappa shape index (κ3) is 3.40. The van der Waals surface area contributed by atoms with Crippen molar-refractivity contribution in [3.8, 4) is 0 Å². The molecule has 0 aliphatic heterocycles. The van der Waals surface area contributed by atoms with Crippen molar-refractivity contribution in [2.24, 2.45) is 0 Å². The van der Waals surface area contributed by atoms with Gasteiger partial charge in [-0.3, -0.25) is 0 Å². The van der Waals surface area contributed by atoms with Crippen LogP contribution in [0.4, 0.5) is 5.69 Å². The Kier molecular flexibility index (Phi) is 4.32. The summed E-state index contributed by atoms with van der Waals surface area (Å²) in [4.78, 5) is 0.0331. The summed E-state index contributed by atoms with van der Waals surface area (Å²) < 4.78 is 32.7. The molecule has 0 saturated heterocycles. The smallest absolute Gasteiger partial charge is 0.241 e. The summed E-state index contributed by atoms with van der Waals surface area (Å²) in [5.41, 5.74) is 6.76. The zero-order valence-electron chi connectivity index (χ0n) is 12.0. The van der Waals surface area contributed by atoms with Crippen LogP contribution in [0.3, 0.4) is 0 Å². The van der Waals surface area contributed by atoms with E-state index in [0.29, 0.717) is 22.0 Å². The van der Waals surface area contributed by atoms with Crippen LogP contribution in [-0.2, 0) is 10.0 Å². The van der Waals surface area contributed by atoms with E-state index in [1.165, 1.54) is 12.1 Å². The SMILES string of the molecule is Cc1ccc(C(C)NS(=O)(=O)c2cc(N)c(C)c(Cl)c2)o1. The van der Waals surface area contributed by atoms with E-state index in [9.17, 15) is 8.42 Å². The van der Waals surface area contributed by atoms with Gasteiger partial charge in [-0.05, 0) is 50.6 Å².